The molecule has 0 amide bonds. The average Bonchev–Trinajstić information content (AvgIpc) is 2.48. The maximum atomic E-state index is 5.41. The van der Waals surface area contributed by atoms with Crippen LogP contribution in [0.1, 0.15) is 56.6 Å². The highest BCUT2D eigenvalue weighted by molar-refractivity contribution is 5.20. The van der Waals surface area contributed by atoms with Gasteiger partial charge >= 0.3 is 0 Å². The predicted molar refractivity (Wildman–Crippen MR) is 82.7 cm³/mol. The third-order valence-electron chi connectivity index (χ3n) is 5.12. The standard InChI is InChI=1S/C18H27NO/c1-20-17-12-16(13-17)19-18(14-8-4-2-5-9-14)15-10-6-3-7-11-15/h2,4-5,8-9,15-19H,3,6-7,10-13H2,1H3. The molecule has 0 saturated heterocycles. The van der Waals surface area contributed by atoms with Crippen molar-refractivity contribution in [1.29, 1.82) is 0 Å². The minimum atomic E-state index is 0.482. The summed E-state index contributed by atoms with van der Waals surface area (Å²) < 4.78 is 5.41. The first kappa shape index (κ1) is 14.1. The van der Waals surface area contributed by atoms with Crippen molar-refractivity contribution in [3.8, 4) is 0 Å². The van der Waals surface area contributed by atoms with Gasteiger partial charge in [-0.05, 0) is 37.2 Å². The van der Waals surface area contributed by atoms with E-state index in [2.05, 4.69) is 35.6 Å². The molecular formula is C18H27NO. The van der Waals surface area contributed by atoms with Crippen LogP contribution in [0.15, 0.2) is 30.3 Å². The molecule has 2 aliphatic carbocycles. The molecule has 1 unspecified atom stereocenters. The molecule has 0 radical (unpaired) electrons. The van der Waals surface area contributed by atoms with Gasteiger partial charge in [-0.1, -0.05) is 49.6 Å². The van der Waals surface area contributed by atoms with Gasteiger partial charge in [0, 0.05) is 19.2 Å². The monoisotopic (exact) mass is 273 g/mol. The van der Waals surface area contributed by atoms with Crippen molar-refractivity contribution in [2.75, 3.05) is 7.11 Å². The number of benzene rings is 1. The van der Waals surface area contributed by atoms with E-state index in [1.54, 1.807) is 0 Å². The Bertz CT molecular complexity index is 393. The van der Waals surface area contributed by atoms with E-state index in [9.17, 15) is 0 Å². The van der Waals surface area contributed by atoms with Crippen LogP contribution in [0.5, 0.6) is 0 Å². The maximum absolute atomic E-state index is 5.41. The van der Waals surface area contributed by atoms with E-state index in [1.165, 1.54) is 50.5 Å². The zero-order valence-electron chi connectivity index (χ0n) is 12.6. The Morgan fingerprint density at radius 1 is 1.05 bits per heavy atom. The fourth-order valence-corrected chi connectivity index (χ4v) is 3.78. The van der Waals surface area contributed by atoms with Crippen LogP contribution in [0.25, 0.3) is 0 Å². The summed E-state index contributed by atoms with van der Waals surface area (Å²) in [6.45, 7) is 0. The number of ether oxygens (including phenoxy) is 1. The highest BCUT2D eigenvalue weighted by Crippen LogP contribution is 2.36. The fourth-order valence-electron chi connectivity index (χ4n) is 3.78. The molecule has 0 aliphatic heterocycles. The van der Waals surface area contributed by atoms with Crippen molar-refractivity contribution in [2.45, 2.75) is 63.1 Å². The predicted octanol–water partition coefficient (Wildman–Crippen LogP) is 4.08. The maximum Gasteiger partial charge on any atom is 0.0601 e. The lowest BCUT2D eigenvalue weighted by Gasteiger charge is -2.40. The Morgan fingerprint density at radius 2 is 1.75 bits per heavy atom. The molecule has 1 atom stereocenters. The van der Waals surface area contributed by atoms with Crippen LogP contribution >= 0.6 is 0 Å². The highest BCUT2D eigenvalue weighted by Gasteiger charge is 2.33. The second kappa shape index (κ2) is 6.73. The third-order valence-corrected chi connectivity index (χ3v) is 5.12. The molecule has 0 spiro atoms. The molecule has 2 aliphatic rings. The summed E-state index contributed by atoms with van der Waals surface area (Å²) in [7, 11) is 1.83. The van der Waals surface area contributed by atoms with E-state index >= 15 is 0 Å². The summed E-state index contributed by atoms with van der Waals surface area (Å²) in [5.41, 5.74) is 1.47. The number of nitrogens with one attached hydrogen (secondary N) is 1. The van der Waals surface area contributed by atoms with Gasteiger partial charge in [0.05, 0.1) is 6.10 Å². The Labute approximate surface area is 122 Å². The number of rotatable bonds is 5. The van der Waals surface area contributed by atoms with Crippen molar-refractivity contribution in [2.24, 2.45) is 5.92 Å². The number of hydrogen-bond donors (Lipinski definition) is 1. The molecule has 0 heterocycles. The molecule has 0 aromatic heterocycles. The summed E-state index contributed by atoms with van der Waals surface area (Å²) in [4.78, 5) is 0. The Hall–Kier alpha value is -0.860. The first-order chi connectivity index (χ1) is 9.86. The van der Waals surface area contributed by atoms with Gasteiger partial charge in [0.1, 0.15) is 0 Å². The van der Waals surface area contributed by atoms with Crippen LogP contribution in [0.2, 0.25) is 0 Å². The van der Waals surface area contributed by atoms with Gasteiger partial charge in [-0.15, -0.1) is 0 Å². The van der Waals surface area contributed by atoms with Gasteiger partial charge < -0.3 is 10.1 Å². The Morgan fingerprint density at radius 3 is 2.40 bits per heavy atom. The summed E-state index contributed by atoms with van der Waals surface area (Å²) in [6, 6.07) is 12.2. The number of methoxy groups -OCH3 is 1. The molecule has 2 fully saturated rings. The van der Waals surface area contributed by atoms with Gasteiger partial charge in [-0.2, -0.15) is 0 Å². The Balaban J connectivity index is 1.67. The summed E-state index contributed by atoms with van der Waals surface area (Å²) in [6.07, 6.45) is 9.82. The molecule has 0 bridgehead atoms. The summed E-state index contributed by atoms with van der Waals surface area (Å²) in [5, 5.41) is 3.92. The summed E-state index contributed by atoms with van der Waals surface area (Å²) >= 11 is 0. The van der Waals surface area contributed by atoms with Crippen molar-refractivity contribution in [1.82, 2.24) is 5.32 Å². The van der Waals surface area contributed by atoms with Gasteiger partial charge in [0.15, 0.2) is 0 Å². The molecule has 2 nitrogen and oxygen atoms in total. The Kier molecular flexibility index (Phi) is 4.74. The molecule has 3 rings (SSSR count). The minimum Gasteiger partial charge on any atom is -0.381 e. The topological polar surface area (TPSA) is 21.3 Å². The van der Waals surface area contributed by atoms with Crippen LogP contribution in [0.3, 0.4) is 0 Å². The van der Waals surface area contributed by atoms with E-state index in [4.69, 9.17) is 4.74 Å². The van der Waals surface area contributed by atoms with Gasteiger partial charge in [0.25, 0.3) is 0 Å². The van der Waals surface area contributed by atoms with Crippen LogP contribution in [-0.2, 0) is 4.74 Å². The largest absolute Gasteiger partial charge is 0.381 e. The zero-order valence-corrected chi connectivity index (χ0v) is 12.6. The molecule has 1 N–H and O–H groups in total. The van der Waals surface area contributed by atoms with Crippen molar-refractivity contribution in [3.05, 3.63) is 35.9 Å². The molecule has 1 aromatic rings. The van der Waals surface area contributed by atoms with E-state index in [-0.39, 0.29) is 0 Å². The molecule has 2 heteroatoms. The minimum absolute atomic E-state index is 0.482. The lowest BCUT2D eigenvalue weighted by molar-refractivity contribution is 0.0107. The molecule has 1 aromatic carbocycles. The van der Waals surface area contributed by atoms with Gasteiger partial charge in [0.2, 0.25) is 0 Å². The summed E-state index contributed by atoms with van der Waals surface area (Å²) in [5.74, 6) is 0.813. The first-order valence-electron chi connectivity index (χ1n) is 8.20. The van der Waals surface area contributed by atoms with E-state index in [0.29, 0.717) is 18.2 Å². The highest BCUT2D eigenvalue weighted by atomic mass is 16.5. The van der Waals surface area contributed by atoms with Gasteiger partial charge in [-0.25, -0.2) is 0 Å². The zero-order chi connectivity index (χ0) is 13.8. The molecule has 20 heavy (non-hydrogen) atoms. The van der Waals surface area contributed by atoms with E-state index in [1.807, 2.05) is 7.11 Å². The molecule has 2 saturated carbocycles. The first-order valence-corrected chi connectivity index (χ1v) is 8.20. The second-order valence-corrected chi connectivity index (χ2v) is 6.48. The lowest BCUT2D eigenvalue weighted by atomic mass is 9.79. The second-order valence-electron chi connectivity index (χ2n) is 6.48. The van der Waals surface area contributed by atoms with Gasteiger partial charge in [-0.3, -0.25) is 0 Å². The fraction of sp³-hybridized carbons (Fsp3) is 0.667. The van der Waals surface area contributed by atoms with Crippen LogP contribution in [-0.4, -0.2) is 19.3 Å². The smallest absolute Gasteiger partial charge is 0.0601 e. The van der Waals surface area contributed by atoms with Crippen LogP contribution < -0.4 is 5.32 Å². The number of hydrogen-bond acceptors (Lipinski definition) is 2. The van der Waals surface area contributed by atoms with E-state index in [0.717, 1.165) is 5.92 Å². The van der Waals surface area contributed by atoms with Crippen LogP contribution in [0, 0.1) is 5.92 Å². The van der Waals surface area contributed by atoms with Crippen molar-refractivity contribution in [3.63, 3.8) is 0 Å². The lowest BCUT2D eigenvalue weighted by Crippen LogP contribution is -2.48. The van der Waals surface area contributed by atoms with Crippen molar-refractivity contribution >= 4 is 0 Å². The molecule has 110 valence electrons. The average molecular weight is 273 g/mol. The quantitative estimate of drug-likeness (QED) is 0.873. The van der Waals surface area contributed by atoms with E-state index < -0.39 is 0 Å². The molecular weight excluding hydrogens is 246 g/mol. The normalized spacial score (nSPS) is 28.9. The SMILES string of the molecule is COC1CC(NC(c2ccccc2)C2CCCCC2)C1. The third kappa shape index (κ3) is 3.24. The van der Waals surface area contributed by atoms with Crippen LogP contribution in [0.4, 0.5) is 0 Å². The van der Waals surface area contributed by atoms with Crippen molar-refractivity contribution < 1.29 is 4.74 Å².